The Morgan fingerprint density at radius 2 is 1.92 bits per heavy atom. The van der Waals surface area contributed by atoms with Crippen LogP contribution < -0.4 is 10.6 Å². The number of benzene rings is 1. The maximum Gasteiger partial charge on any atom is 0.191 e. The summed E-state index contributed by atoms with van der Waals surface area (Å²) < 4.78 is 49.5. The van der Waals surface area contributed by atoms with Crippen molar-refractivity contribution in [1.29, 1.82) is 0 Å². The van der Waals surface area contributed by atoms with Gasteiger partial charge in [-0.05, 0) is 24.8 Å². The van der Waals surface area contributed by atoms with E-state index in [4.69, 9.17) is 0 Å². The Bertz CT molecular complexity index is 725. The van der Waals surface area contributed by atoms with E-state index in [0.717, 1.165) is 6.07 Å². The lowest BCUT2D eigenvalue weighted by Crippen LogP contribution is -2.43. The molecule has 0 fully saturated rings. The zero-order chi connectivity index (χ0) is 19.3. The average Bonchev–Trinajstić information content (AvgIpc) is 2.48. The Kier molecular flexibility index (Phi) is 10.00. The molecule has 150 valence electrons. The summed E-state index contributed by atoms with van der Waals surface area (Å²) in [6.07, 6.45) is 1.73. The van der Waals surface area contributed by atoms with Gasteiger partial charge in [0.25, 0.3) is 0 Å². The van der Waals surface area contributed by atoms with E-state index >= 15 is 0 Å². The Morgan fingerprint density at radius 3 is 2.42 bits per heavy atom. The summed E-state index contributed by atoms with van der Waals surface area (Å²) in [6.45, 7) is 6.17. The predicted molar refractivity (Wildman–Crippen MR) is 113 cm³/mol. The molecule has 0 radical (unpaired) electrons. The van der Waals surface area contributed by atoms with E-state index < -0.39 is 27.5 Å². The quantitative estimate of drug-likeness (QED) is 0.341. The molecule has 0 amide bonds. The molecule has 0 heterocycles. The lowest BCUT2D eigenvalue weighted by atomic mass is 9.90. The Balaban J connectivity index is 0.00000625. The normalized spacial score (nSPS) is 13.7. The van der Waals surface area contributed by atoms with Crippen LogP contribution in [0.1, 0.15) is 38.8 Å². The highest BCUT2D eigenvalue weighted by atomic mass is 127. The fraction of sp³-hybridized carbons (Fsp3) is 0.588. The summed E-state index contributed by atoms with van der Waals surface area (Å²) >= 11 is 0. The second kappa shape index (κ2) is 10.4. The first kappa shape index (κ1) is 25.0. The van der Waals surface area contributed by atoms with Crippen molar-refractivity contribution in [1.82, 2.24) is 10.6 Å². The Morgan fingerprint density at radius 1 is 1.31 bits per heavy atom. The maximum atomic E-state index is 13.8. The summed E-state index contributed by atoms with van der Waals surface area (Å²) in [6, 6.07) is 3.04. The highest BCUT2D eigenvalue weighted by Crippen LogP contribution is 2.20. The van der Waals surface area contributed by atoms with Crippen LogP contribution in [0.3, 0.4) is 0 Å². The molecule has 5 nitrogen and oxygen atoms in total. The summed E-state index contributed by atoms with van der Waals surface area (Å²) in [7, 11) is -1.42. The molecule has 1 rings (SSSR count). The molecule has 0 bridgehead atoms. The largest absolute Gasteiger partial charge is 0.356 e. The summed E-state index contributed by atoms with van der Waals surface area (Å²) in [5.74, 6) is -0.665. The lowest BCUT2D eigenvalue weighted by Gasteiger charge is -2.27. The third-order valence-corrected chi connectivity index (χ3v) is 4.84. The molecule has 1 aromatic carbocycles. The number of hydrogen-bond donors (Lipinski definition) is 2. The SMILES string of the molecule is CN=C(NCC(C)(C)CCS(C)(=O)=O)NC(C)c1ccc(F)cc1F.I. The van der Waals surface area contributed by atoms with Crippen LogP contribution in [0.2, 0.25) is 0 Å². The van der Waals surface area contributed by atoms with Gasteiger partial charge in [-0.25, -0.2) is 17.2 Å². The molecule has 2 N–H and O–H groups in total. The van der Waals surface area contributed by atoms with E-state index in [2.05, 4.69) is 15.6 Å². The van der Waals surface area contributed by atoms with Gasteiger partial charge in [0.2, 0.25) is 0 Å². The highest BCUT2D eigenvalue weighted by molar-refractivity contribution is 14.0. The van der Waals surface area contributed by atoms with Crippen molar-refractivity contribution in [3.63, 3.8) is 0 Å². The second-order valence-electron chi connectivity index (χ2n) is 7.00. The van der Waals surface area contributed by atoms with Crippen molar-refractivity contribution in [3.05, 3.63) is 35.4 Å². The van der Waals surface area contributed by atoms with Crippen LogP contribution in [-0.4, -0.2) is 40.0 Å². The van der Waals surface area contributed by atoms with E-state index in [1.54, 1.807) is 14.0 Å². The Labute approximate surface area is 172 Å². The molecular formula is C17H28F2IN3O2S. The van der Waals surface area contributed by atoms with Gasteiger partial charge in [-0.3, -0.25) is 4.99 Å². The molecule has 0 aliphatic heterocycles. The lowest BCUT2D eigenvalue weighted by molar-refractivity contribution is 0.348. The predicted octanol–water partition coefficient (Wildman–Crippen LogP) is 3.27. The first-order chi connectivity index (χ1) is 11.4. The topological polar surface area (TPSA) is 70.6 Å². The van der Waals surface area contributed by atoms with Crippen LogP contribution in [0.25, 0.3) is 0 Å². The van der Waals surface area contributed by atoms with E-state index in [1.807, 2.05) is 13.8 Å². The van der Waals surface area contributed by atoms with Gasteiger partial charge in [-0.15, -0.1) is 24.0 Å². The smallest absolute Gasteiger partial charge is 0.191 e. The van der Waals surface area contributed by atoms with Crippen LogP contribution >= 0.6 is 24.0 Å². The first-order valence-corrected chi connectivity index (χ1v) is 10.1. The molecule has 0 spiro atoms. The molecule has 0 aliphatic carbocycles. The third-order valence-electron chi connectivity index (χ3n) is 3.89. The van der Waals surface area contributed by atoms with E-state index in [-0.39, 0.29) is 35.1 Å². The molecule has 0 saturated carbocycles. The molecule has 1 unspecified atom stereocenters. The van der Waals surface area contributed by atoms with Crippen LogP contribution in [0.15, 0.2) is 23.2 Å². The molecule has 0 saturated heterocycles. The van der Waals surface area contributed by atoms with Gasteiger partial charge in [-0.2, -0.15) is 0 Å². The van der Waals surface area contributed by atoms with Gasteiger partial charge in [0.05, 0.1) is 11.8 Å². The molecule has 1 atom stereocenters. The molecule has 1 aromatic rings. The standard InChI is InChI=1S/C17H27F2N3O2S.HI/c1-12(14-7-6-13(18)10-15(14)19)22-16(20-4)21-11-17(2,3)8-9-25(5,23)24;/h6-7,10,12H,8-9,11H2,1-5H3,(H2,20,21,22);1H. The zero-order valence-corrected chi connectivity index (χ0v) is 18.9. The summed E-state index contributed by atoms with van der Waals surface area (Å²) in [4.78, 5) is 4.09. The number of guanidine groups is 1. The van der Waals surface area contributed by atoms with Crippen molar-refractivity contribution in [2.45, 2.75) is 33.2 Å². The number of hydrogen-bond acceptors (Lipinski definition) is 3. The minimum atomic E-state index is -3.01. The maximum absolute atomic E-state index is 13.8. The minimum Gasteiger partial charge on any atom is -0.356 e. The summed E-state index contributed by atoms with van der Waals surface area (Å²) in [5.41, 5.74) is 0.0751. The van der Waals surface area contributed by atoms with Gasteiger partial charge < -0.3 is 10.6 Å². The number of aliphatic imine (C=N–C) groups is 1. The van der Waals surface area contributed by atoms with Crippen molar-refractivity contribution < 1.29 is 17.2 Å². The van der Waals surface area contributed by atoms with E-state index in [9.17, 15) is 17.2 Å². The van der Waals surface area contributed by atoms with Gasteiger partial charge in [0.1, 0.15) is 21.5 Å². The third kappa shape index (κ3) is 9.11. The number of nitrogens with zero attached hydrogens (tertiary/aromatic N) is 1. The van der Waals surface area contributed by atoms with Gasteiger partial charge in [-0.1, -0.05) is 19.9 Å². The minimum absolute atomic E-state index is 0. The Hall–Kier alpha value is -0.970. The number of nitrogens with one attached hydrogen (secondary N) is 2. The molecule has 9 heteroatoms. The fourth-order valence-electron chi connectivity index (χ4n) is 2.20. The van der Waals surface area contributed by atoms with Gasteiger partial charge in [0.15, 0.2) is 5.96 Å². The number of sulfone groups is 1. The monoisotopic (exact) mass is 503 g/mol. The summed E-state index contributed by atoms with van der Waals surface area (Å²) in [5, 5.41) is 6.17. The van der Waals surface area contributed by atoms with Crippen molar-refractivity contribution >= 4 is 39.8 Å². The molecule has 0 aliphatic rings. The second-order valence-corrected chi connectivity index (χ2v) is 9.26. The molecular weight excluding hydrogens is 475 g/mol. The van der Waals surface area contributed by atoms with Gasteiger partial charge in [0, 0.05) is 31.5 Å². The fourth-order valence-corrected chi connectivity index (χ4v) is 3.13. The van der Waals surface area contributed by atoms with Crippen LogP contribution in [-0.2, 0) is 9.84 Å². The van der Waals surface area contributed by atoms with Crippen molar-refractivity contribution in [2.75, 3.05) is 25.6 Å². The molecule has 26 heavy (non-hydrogen) atoms. The zero-order valence-electron chi connectivity index (χ0n) is 15.8. The van der Waals surface area contributed by atoms with Crippen molar-refractivity contribution in [3.8, 4) is 0 Å². The van der Waals surface area contributed by atoms with E-state index in [1.165, 1.54) is 18.4 Å². The number of rotatable bonds is 7. The highest BCUT2D eigenvalue weighted by Gasteiger charge is 2.21. The number of halogens is 3. The van der Waals surface area contributed by atoms with Crippen LogP contribution in [0.4, 0.5) is 8.78 Å². The average molecular weight is 503 g/mol. The van der Waals surface area contributed by atoms with E-state index in [0.29, 0.717) is 24.5 Å². The van der Waals surface area contributed by atoms with Crippen molar-refractivity contribution in [2.24, 2.45) is 10.4 Å². The van der Waals surface area contributed by atoms with Crippen LogP contribution in [0, 0.1) is 17.0 Å². The molecule has 0 aromatic heterocycles. The van der Waals surface area contributed by atoms with Gasteiger partial charge >= 0.3 is 0 Å². The van der Waals surface area contributed by atoms with Crippen LogP contribution in [0.5, 0.6) is 0 Å². The first-order valence-electron chi connectivity index (χ1n) is 8.03.